The quantitative estimate of drug-likeness (QED) is 0.725. The van der Waals surface area contributed by atoms with E-state index in [1.165, 1.54) is 0 Å². The monoisotopic (exact) mass is 273 g/mol. The number of piperidine rings is 1. The summed E-state index contributed by atoms with van der Waals surface area (Å²) < 4.78 is 0. The van der Waals surface area contributed by atoms with E-state index >= 15 is 0 Å². The van der Waals surface area contributed by atoms with Gasteiger partial charge in [-0.1, -0.05) is 23.2 Å². The molecule has 17 heavy (non-hydrogen) atoms. The number of hydrogen-bond acceptors (Lipinski definition) is 3. The molecule has 1 aliphatic rings. The summed E-state index contributed by atoms with van der Waals surface area (Å²) in [5.41, 5.74) is 7.14. The van der Waals surface area contributed by atoms with Gasteiger partial charge in [0.2, 0.25) is 5.91 Å². The van der Waals surface area contributed by atoms with Crippen LogP contribution in [0.4, 0.5) is 11.4 Å². The molecule has 1 fully saturated rings. The molecular weight excluding hydrogens is 261 g/mol. The summed E-state index contributed by atoms with van der Waals surface area (Å²) in [5, 5.41) is 6.95. The van der Waals surface area contributed by atoms with Crippen molar-refractivity contribution in [2.24, 2.45) is 0 Å². The van der Waals surface area contributed by atoms with E-state index in [0.717, 1.165) is 12.1 Å². The fourth-order valence-corrected chi connectivity index (χ4v) is 2.10. The Hall–Kier alpha value is -1.13. The largest absolute Gasteiger partial charge is 0.397 e. The van der Waals surface area contributed by atoms with E-state index in [1.54, 1.807) is 12.1 Å². The van der Waals surface area contributed by atoms with Gasteiger partial charge in [0.25, 0.3) is 0 Å². The topological polar surface area (TPSA) is 67.1 Å². The van der Waals surface area contributed by atoms with E-state index in [-0.39, 0.29) is 11.9 Å². The number of nitrogens with one attached hydrogen (secondary N) is 2. The Kier molecular flexibility index (Phi) is 3.64. The molecule has 1 aromatic carbocycles. The third-order valence-electron chi connectivity index (χ3n) is 2.72. The number of nitrogens with two attached hydrogens (primary N) is 1. The van der Waals surface area contributed by atoms with E-state index in [2.05, 4.69) is 10.6 Å². The zero-order valence-corrected chi connectivity index (χ0v) is 10.6. The molecular formula is C11H13Cl2N3O. The summed E-state index contributed by atoms with van der Waals surface area (Å²) in [6.07, 6.45) is 1.31. The second-order valence-electron chi connectivity index (χ2n) is 4.04. The van der Waals surface area contributed by atoms with Gasteiger partial charge in [0.1, 0.15) is 0 Å². The number of anilines is 2. The predicted molar refractivity (Wildman–Crippen MR) is 70.5 cm³/mol. The lowest BCUT2D eigenvalue weighted by molar-refractivity contribution is -0.122. The molecule has 1 amide bonds. The average Bonchev–Trinajstić information content (AvgIpc) is 2.29. The number of carbonyl (C=O) groups is 1. The van der Waals surface area contributed by atoms with Crippen molar-refractivity contribution >= 4 is 40.5 Å². The van der Waals surface area contributed by atoms with Crippen molar-refractivity contribution in [3.05, 3.63) is 22.2 Å². The molecule has 6 heteroatoms. The van der Waals surface area contributed by atoms with E-state index in [0.29, 0.717) is 28.7 Å². The van der Waals surface area contributed by atoms with Crippen LogP contribution in [-0.2, 0) is 4.79 Å². The molecule has 0 aromatic heterocycles. The zero-order chi connectivity index (χ0) is 12.4. The third kappa shape index (κ3) is 2.96. The van der Waals surface area contributed by atoms with Gasteiger partial charge in [0.15, 0.2) is 0 Å². The van der Waals surface area contributed by atoms with Crippen LogP contribution in [0.25, 0.3) is 0 Å². The van der Waals surface area contributed by atoms with Crippen LogP contribution in [0.3, 0.4) is 0 Å². The second-order valence-corrected chi connectivity index (χ2v) is 4.85. The first-order chi connectivity index (χ1) is 8.06. The second kappa shape index (κ2) is 5.02. The number of hydrogen-bond donors (Lipinski definition) is 3. The highest BCUT2D eigenvalue weighted by molar-refractivity contribution is 6.42. The Bertz CT molecular complexity index is 441. The summed E-state index contributed by atoms with van der Waals surface area (Å²) in [5.74, 6) is 0.0881. The lowest BCUT2D eigenvalue weighted by Gasteiger charge is -2.25. The van der Waals surface area contributed by atoms with Gasteiger partial charge < -0.3 is 16.4 Å². The van der Waals surface area contributed by atoms with E-state index in [4.69, 9.17) is 28.9 Å². The van der Waals surface area contributed by atoms with Gasteiger partial charge in [-0.2, -0.15) is 0 Å². The number of carbonyl (C=O) groups excluding carboxylic acids is 1. The molecule has 0 aliphatic carbocycles. The molecule has 4 nitrogen and oxygen atoms in total. The number of amides is 1. The van der Waals surface area contributed by atoms with Crippen LogP contribution in [0, 0.1) is 0 Å². The summed E-state index contributed by atoms with van der Waals surface area (Å²) in [4.78, 5) is 11.0. The molecule has 1 saturated heterocycles. The fourth-order valence-electron chi connectivity index (χ4n) is 1.76. The molecule has 0 spiro atoms. The normalized spacial score (nSPS) is 19.9. The Morgan fingerprint density at radius 2 is 2.06 bits per heavy atom. The first-order valence-corrected chi connectivity index (χ1v) is 6.09. The molecule has 4 N–H and O–H groups in total. The van der Waals surface area contributed by atoms with E-state index < -0.39 is 0 Å². The standard InChI is InChI=1S/C11H13Cl2N3O/c12-7-3-9(14)10(4-8(7)13)16-6-1-2-11(17)15-5-6/h3-4,6,16H,1-2,5,14H2,(H,15,17). The predicted octanol–water partition coefficient (Wildman–Crippen LogP) is 2.27. The maximum Gasteiger partial charge on any atom is 0.220 e. The van der Waals surface area contributed by atoms with Crippen LogP contribution in [0.2, 0.25) is 10.0 Å². The first kappa shape index (κ1) is 12.3. The van der Waals surface area contributed by atoms with Crippen LogP contribution in [-0.4, -0.2) is 18.5 Å². The molecule has 1 aromatic rings. The Morgan fingerprint density at radius 3 is 2.71 bits per heavy atom. The Balaban J connectivity index is 2.08. The molecule has 1 heterocycles. The summed E-state index contributed by atoms with van der Waals surface area (Å²) in [6.45, 7) is 0.596. The van der Waals surface area contributed by atoms with Crippen LogP contribution in [0.15, 0.2) is 12.1 Å². The number of nitrogen functional groups attached to an aromatic ring is 1. The van der Waals surface area contributed by atoms with Crippen LogP contribution in [0.5, 0.6) is 0 Å². The Morgan fingerprint density at radius 1 is 1.35 bits per heavy atom. The molecule has 0 saturated carbocycles. The minimum Gasteiger partial charge on any atom is -0.397 e. The van der Waals surface area contributed by atoms with Gasteiger partial charge >= 0.3 is 0 Å². The van der Waals surface area contributed by atoms with E-state index in [9.17, 15) is 4.79 Å². The number of benzene rings is 1. The first-order valence-electron chi connectivity index (χ1n) is 5.34. The molecule has 0 bridgehead atoms. The van der Waals surface area contributed by atoms with Crippen molar-refractivity contribution in [3.8, 4) is 0 Å². The minimum atomic E-state index is 0.0881. The molecule has 0 radical (unpaired) electrons. The maximum absolute atomic E-state index is 11.0. The zero-order valence-electron chi connectivity index (χ0n) is 9.09. The molecule has 2 rings (SSSR count). The summed E-state index contributed by atoms with van der Waals surface area (Å²) in [6, 6.07) is 3.50. The van der Waals surface area contributed by atoms with Crippen LogP contribution in [0.1, 0.15) is 12.8 Å². The van der Waals surface area contributed by atoms with Crippen molar-refractivity contribution in [2.45, 2.75) is 18.9 Å². The smallest absolute Gasteiger partial charge is 0.220 e. The van der Waals surface area contributed by atoms with Gasteiger partial charge in [-0.3, -0.25) is 4.79 Å². The van der Waals surface area contributed by atoms with Gasteiger partial charge in [0, 0.05) is 19.0 Å². The molecule has 1 aliphatic heterocycles. The lowest BCUT2D eigenvalue weighted by atomic mass is 10.1. The van der Waals surface area contributed by atoms with Crippen LogP contribution >= 0.6 is 23.2 Å². The van der Waals surface area contributed by atoms with Gasteiger partial charge in [-0.25, -0.2) is 0 Å². The van der Waals surface area contributed by atoms with Gasteiger partial charge in [-0.15, -0.1) is 0 Å². The molecule has 1 atom stereocenters. The highest BCUT2D eigenvalue weighted by Crippen LogP contribution is 2.31. The van der Waals surface area contributed by atoms with Gasteiger partial charge in [-0.05, 0) is 18.6 Å². The number of halogens is 2. The molecule has 1 unspecified atom stereocenters. The van der Waals surface area contributed by atoms with Crippen molar-refractivity contribution in [1.29, 1.82) is 0 Å². The fraction of sp³-hybridized carbons (Fsp3) is 0.364. The van der Waals surface area contributed by atoms with Crippen molar-refractivity contribution in [3.63, 3.8) is 0 Å². The summed E-state index contributed by atoms with van der Waals surface area (Å²) in [7, 11) is 0. The highest BCUT2D eigenvalue weighted by atomic mass is 35.5. The SMILES string of the molecule is Nc1cc(Cl)c(Cl)cc1NC1CCC(=O)NC1. The van der Waals surface area contributed by atoms with Crippen molar-refractivity contribution < 1.29 is 4.79 Å². The van der Waals surface area contributed by atoms with Gasteiger partial charge in [0.05, 0.1) is 21.4 Å². The maximum atomic E-state index is 11.0. The summed E-state index contributed by atoms with van der Waals surface area (Å²) >= 11 is 11.8. The van der Waals surface area contributed by atoms with E-state index in [1.807, 2.05) is 0 Å². The number of rotatable bonds is 2. The highest BCUT2D eigenvalue weighted by Gasteiger charge is 2.18. The average molecular weight is 274 g/mol. The Labute approximate surface area is 109 Å². The van der Waals surface area contributed by atoms with Crippen LogP contribution < -0.4 is 16.4 Å². The molecule has 92 valence electrons. The third-order valence-corrected chi connectivity index (χ3v) is 3.44. The lowest BCUT2D eigenvalue weighted by Crippen LogP contribution is -2.41. The minimum absolute atomic E-state index is 0.0881. The van der Waals surface area contributed by atoms with Crippen molar-refractivity contribution in [1.82, 2.24) is 5.32 Å². The van der Waals surface area contributed by atoms with Crippen molar-refractivity contribution in [2.75, 3.05) is 17.6 Å².